The zero-order valence-electron chi connectivity index (χ0n) is 11.5. The number of carbonyl (C=O) groups is 1. The Labute approximate surface area is 123 Å². The lowest BCUT2D eigenvalue weighted by Gasteiger charge is -2.22. The number of benzene rings is 1. The van der Waals surface area contributed by atoms with Crippen LogP contribution in [-0.4, -0.2) is 42.6 Å². The molecule has 1 rings (SSSR count). The Hall–Kier alpha value is -1.53. The number of carbonyl (C=O) groups excluding carboxylic acids is 1. The fourth-order valence-corrected chi connectivity index (χ4v) is 1.86. The van der Waals surface area contributed by atoms with Crippen molar-refractivity contribution in [2.75, 3.05) is 26.8 Å². The quantitative estimate of drug-likeness (QED) is 0.589. The van der Waals surface area contributed by atoms with Gasteiger partial charge < -0.3 is 15.4 Å². The van der Waals surface area contributed by atoms with Crippen molar-refractivity contribution in [2.24, 2.45) is 5.73 Å². The van der Waals surface area contributed by atoms with Gasteiger partial charge in [0.25, 0.3) is 5.91 Å². The Bertz CT molecular complexity index is 468. The van der Waals surface area contributed by atoms with Gasteiger partial charge in [0, 0.05) is 33.2 Å². The van der Waals surface area contributed by atoms with Crippen LogP contribution in [0.15, 0.2) is 24.3 Å². The van der Waals surface area contributed by atoms with Crippen molar-refractivity contribution in [1.29, 1.82) is 0 Å². The minimum Gasteiger partial charge on any atom is -0.393 e. The van der Waals surface area contributed by atoms with Gasteiger partial charge in [-0.1, -0.05) is 24.4 Å². The van der Waals surface area contributed by atoms with E-state index >= 15 is 0 Å². The second-order valence-corrected chi connectivity index (χ2v) is 4.86. The molecule has 0 saturated heterocycles. The molecule has 0 saturated carbocycles. The third-order valence-corrected chi connectivity index (χ3v) is 3.00. The van der Waals surface area contributed by atoms with Crippen LogP contribution in [0.1, 0.15) is 23.2 Å². The highest BCUT2D eigenvalue weighted by Gasteiger charge is 2.18. The summed E-state index contributed by atoms with van der Waals surface area (Å²) in [6, 6.07) is 5.93. The molecule has 0 aliphatic carbocycles. The molecule has 0 spiro atoms. The van der Waals surface area contributed by atoms with Crippen molar-refractivity contribution >= 4 is 23.1 Å². The van der Waals surface area contributed by atoms with Crippen LogP contribution in [0.2, 0.25) is 0 Å². The molecular weight excluding hydrogens is 279 g/mol. The molecule has 0 bridgehead atoms. The lowest BCUT2D eigenvalue weighted by molar-refractivity contribution is 0.0737. The molecule has 20 heavy (non-hydrogen) atoms. The molecule has 0 unspecified atom stereocenters. The number of nitrogens with two attached hydrogens (primary N) is 1. The molecule has 4 nitrogen and oxygen atoms in total. The molecule has 0 aliphatic heterocycles. The lowest BCUT2D eigenvalue weighted by Crippen LogP contribution is -2.35. The van der Waals surface area contributed by atoms with Gasteiger partial charge in [-0.15, -0.1) is 0 Å². The van der Waals surface area contributed by atoms with E-state index < -0.39 is 5.82 Å². The molecule has 0 atom stereocenters. The van der Waals surface area contributed by atoms with Crippen LogP contribution in [0.25, 0.3) is 0 Å². The first kappa shape index (κ1) is 16.5. The number of nitrogens with zero attached hydrogens (tertiary/aromatic N) is 1. The van der Waals surface area contributed by atoms with E-state index in [1.807, 2.05) is 0 Å². The maximum atomic E-state index is 13.7. The van der Waals surface area contributed by atoms with Gasteiger partial charge in [0.15, 0.2) is 0 Å². The van der Waals surface area contributed by atoms with E-state index in [0.29, 0.717) is 37.5 Å². The zero-order valence-corrected chi connectivity index (χ0v) is 12.3. The van der Waals surface area contributed by atoms with Gasteiger partial charge in [-0.05, 0) is 18.6 Å². The fraction of sp³-hybridized carbons (Fsp3) is 0.429. The molecule has 110 valence electrons. The number of thiocarbonyl (C=S) groups is 1. The standard InChI is InChI=1S/C14H19FN2O2S/c1-19-10-4-8-17(9-7-13(16)20)14(18)11-5-2-3-6-12(11)15/h2-3,5-6H,4,7-10H2,1H3,(H2,16,20). The van der Waals surface area contributed by atoms with Gasteiger partial charge in [0.2, 0.25) is 0 Å². The van der Waals surface area contributed by atoms with Gasteiger partial charge in [-0.3, -0.25) is 4.79 Å². The summed E-state index contributed by atoms with van der Waals surface area (Å²) in [5.74, 6) is -0.875. The highest BCUT2D eigenvalue weighted by atomic mass is 32.1. The van der Waals surface area contributed by atoms with E-state index in [1.54, 1.807) is 24.1 Å². The second-order valence-electron chi connectivity index (χ2n) is 4.33. The number of rotatable bonds is 8. The number of methoxy groups -OCH3 is 1. The Balaban J connectivity index is 2.77. The van der Waals surface area contributed by atoms with Crippen molar-refractivity contribution in [3.63, 3.8) is 0 Å². The van der Waals surface area contributed by atoms with E-state index in [1.165, 1.54) is 12.1 Å². The zero-order chi connectivity index (χ0) is 15.0. The topological polar surface area (TPSA) is 55.6 Å². The van der Waals surface area contributed by atoms with Crippen LogP contribution in [0.5, 0.6) is 0 Å². The number of halogens is 1. The second kappa shape index (κ2) is 8.60. The first-order valence-electron chi connectivity index (χ1n) is 6.37. The number of hydrogen-bond acceptors (Lipinski definition) is 3. The van der Waals surface area contributed by atoms with E-state index in [0.717, 1.165) is 0 Å². The summed E-state index contributed by atoms with van der Waals surface area (Å²) in [4.78, 5) is 14.2. The summed E-state index contributed by atoms with van der Waals surface area (Å²) in [7, 11) is 1.60. The predicted octanol–water partition coefficient (Wildman–Crippen LogP) is 1.98. The van der Waals surface area contributed by atoms with Gasteiger partial charge in [-0.2, -0.15) is 0 Å². The third kappa shape index (κ3) is 5.22. The van der Waals surface area contributed by atoms with E-state index in [2.05, 4.69) is 0 Å². The van der Waals surface area contributed by atoms with Crippen LogP contribution >= 0.6 is 12.2 Å². The molecule has 1 aromatic carbocycles. The molecule has 6 heteroatoms. The maximum Gasteiger partial charge on any atom is 0.256 e. The van der Waals surface area contributed by atoms with Gasteiger partial charge in [-0.25, -0.2) is 4.39 Å². The molecule has 1 amide bonds. The van der Waals surface area contributed by atoms with Crippen LogP contribution < -0.4 is 5.73 Å². The van der Waals surface area contributed by atoms with E-state index in [-0.39, 0.29) is 11.5 Å². The highest BCUT2D eigenvalue weighted by molar-refractivity contribution is 7.80. The molecule has 1 aromatic rings. The molecule has 0 radical (unpaired) electrons. The molecule has 0 aliphatic rings. The Morgan fingerprint density at radius 1 is 1.40 bits per heavy atom. The lowest BCUT2D eigenvalue weighted by atomic mass is 10.1. The summed E-state index contributed by atoms with van der Waals surface area (Å²) in [6.45, 7) is 1.39. The first-order chi connectivity index (χ1) is 9.56. The van der Waals surface area contributed by atoms with Gasteiger partial charge in [0.05, 0.1) is 10.6 Å². The molecule has 0 aromatic heterocycles. The Kier molecular flexibility index (Phi) is 7.11. The van der Waals surface area contributed by atoms with Crippen LogP contribution in [-0.2, 0) is 4.74 Å². The van der Waals surface area contributed by atoms with Crippen molar-refractivity contribution < 1.29 is 13.9 Å². The first-order valence-corrected chi connectivity index (χ1v) is 6.78. The van der Waals surface area contributed by atoms with Crippen LogP contribution in [0.4, 0.5) is 4.39 Å². The van der Waals surface area contributed by atoms with Gasteiger partial charge in [0.1, 0.15) is 5.82 Å². The Morgan fingerprint density at radius 2 is 2.10 bits per heavy atom. The third-order valence-electron chi connectivity index (χ3n) is 2.80. The summed E-state index contributed by atoms with van der Waals surface area (Å²) < 4.78 is 18.6. The van der Waals surface area contributed by atoms with Crippen molar-refractivity contribution in [1.82, 2.24) is 4.90 Å². The average molecular weight is 298 g/mol. The minimum atomic E-state index is -0.524. The summed E-state index contributed by atoms with van der Waals surface area (Å²) in [5, 5.41) is 0. The fourth-order valence-electron chi connectivity index (χ4n) is 1.76. The molecule has 0 heterocycles. The van der Waals surface area contributed by atoms with E-state index in [4.69, 9.17) is 22.7 Å². The predicted molar refractivity (Wildman–Crippen MR) is 80.2 cm³/mol. The number of amides is 1. The van der Waals surface area contributed by atoms with Crippen molar-refractivity contribution in [3.8, 4) is 0 Å². The Morgan fingerprint density at radius 3 is 2.70 bits per heavy atom. The largest absolute Gasteiger partial charge is 0.393 e. The minimum absolute atomic E-state index is 0.0628. The molecular formula is C14H19FN2O2S. The average Bonchev–Trinajstić information content (AvgIpc) is 2.42. The van der Waals surface area contributed by atoms with Crippen molar-refractivity contribution in [3.05, 3.63) is 35.6 Å². The monoisotopic (exact) mass is 298 g/mol. The van der Waals surface area contributed by atoms with Crippen LogP contribution in [0.3, 0.4) is 0 Å². The highest BCUT2D eigenvalue weighted by Crippen LogP contribution is 2.11. The molecule has 0 fully saturated rings. The maximum absolute atomic E-state index is 13.7. The molecule has 2 N–H and O–H groups in total. The van der Waals surface area contributed by atoms with Crippen molar-refractivity contribution in [2.45, 2.75) is 12.8 Å². The van der Waals surface area contributed by atoms with Crippen LogP contribution in [0, 0.1) is 5.82 Å². The van der Waals surface area contributed by atoms with E-state index in [9.17, 15) is 9.18 Å². The SMILES string of the molecule is COCCCN(CCC(N)=S)C(=O)c1ccccc1F. The summed E-state index contributed by atoms with van der Waals surface area (Å²) in [6.07, 6.45) is 1.09. The summed E-state index contributed by atoms with van der Waals surface area (Å²) in [5.41, 5.74) is 5.52. The summed E-state index contributed by atoms with van der Waals surface area (Å²) >= 11 is 4.82. The normalized spacial score (nSPS) is 10.3. The number of ether oxygens (including phenoxy) is 1. The smallest absolute Gasteiger partial charge is 0.256 e. The number of hydrogen-bond donors (Lipinski definition) is 1. The van der Waals surface area contributed by atoms with Gasteiger partial charge >= 0.3 is 0 Å².